The van der Waals surface area contributed by atoms with Gasteiger partial charge in [-0.05, 0) is 50.0 Å². The molecule has 1 aromatic rings. The molecule has 24 heavy (non-hydrogen) atoms. The molecule has 1 aliphatic carbocycles. The molecule has 1 saturated carbocycles. The summed E-state index contributed by atoms with van der Waals surface area (Å²) >= 11 is 0. The second-order valence-electron chi connectivity index (χ2n) is 7.34. The van der Waals surface area contributed by atoms with Crippen molar-refractivity contribution in [3.05, 3.63) is 23.8 Å². The number of hydrogen-bond donors (Lipinski definition) is 1. The van der Waals surface area contributed by atoms with E-state index < -0.39 is 12.0 Å². The van der Waals surface area contributed by atoms with Gasteiger partial charge in [-0.3, -0.25) is 4.79 Å². The van der Waals surface area contributed by atoms with Crippen LogP contribution in [0.4, 0.5) is 4.79 Å². The maximum Gasteiger partial charge on any atom is 0.414 e. The molecule has 0 bridgehead atoms. The van der Waals surface area contributed by atoms with Gasteiger partial charge in [-0.2, -0.15) is 0 Å². The summed E-state index contributed by atoms with van der Waals surface area (Å²) in [6, 6.07) is 0.484. The SMILES string of the molecule is C[C@H]1CC(=Cc2cn([C@H]3CC[C@H](C)CC3)cn2)C(=O)N(C(=O)O)C1. The lowest BCUT2D eigenvalue weighted by atomic mass is 9.87. The Morgan fingerprint density at radius 2 is 1.96 bits per heavy atom. The number of carbonyl (C=O) groups is 2. The minimum atomic E-state index is -1.18. The van der Waals surface area contributed by atoms with Crippen molar-refractivity contribution in [2.75, 3.05) is 6.54 Å². The Morgan fingerprint density at radius 1 is 1.25 bits per heavy atom. The van der Waals surface area contributed by atoms with Gasteiger partial charge in [-0.15, -0.1) is 0 Å². The summed E-state index contributed by atoms with van der Waals surface area (Å²) in [5, 5.41) is 9.16. The van der Waals surface area contributed by atoms with E-state index in [0.29, 0.717) is 18.0 Å². The van der Waals surface area contributed by atoms with Gasteiger partial charge in [0.2, 0.25) is 0 Å². The number of piperidine rings is 1. The van der Waals surface area contributed by atoms with Gasteiger partial charge < -0.3 is 9.67 Å². The van der Waals surface area contributed by atoms with Crippen LogP contribution in [-0.4, -0.2) is 38.1 Å². The minimum absolute atomic E-state index is 0.131. The Labute approximate surface area is 142 Å². The first-order chi connectivity index (χ1) is 11.4. The topological polar surface area (TPSA) is 75.4 Å². The number of likely N-dealkylation sites (tertiary alicyclic amines) is 1. The zero-order valence-corrected chi connectivity index (χ0v) is 14.3. The number of amides is 2. The van der Waals surface area contributed by atoms with Gasteiger partial charge in [0.25, 0.3) is 5.91 Å². The van der Waals surface area contributed by atoms with E-state index in [1.54, 1.807) is 6.08 Å². The number of carbonyl (C=O) groups excluding carboxylic acids is 1. The third-order valence-electron chi connectivity index (χ3n) is 5.16. The Hall–Kier alpha value is -2.11. The molecule has 1 saturated heterocycles. The molecule has 2 fully saturated rings. The van der Waals surface area contributed by atoms with E-state index >= 15 is 0 Å². The number of nitrogens with zero attached hydrogens (tertiary/aromatic N) is 3. The quantitative estimate of drug-likeness (QED) is 0.841. The Balaban J connectivity index is 1.76. The van der Waals surface area contributed by atoms with Crippen LogP contribution in [-0.2, 0) is 4.79 Å². The standard InChI is InChI=1S/C18H25N3O3/c1-12-3-5-16(6-4-12)20-10-15(19-11-20)8-14-7-13(2)9-21(17(14)22)18(23)24/h8,10-13,16H,3-7,9H2,1-2H3,(H,23,24)/t12-,13-,16-/m0/s1. The van der Waals surface area contributed by atoms with Gasteiger partial charge in [-0.1, -0.05) is 13.8 Å². The van der Waals surface area contributed by atoms with E-state index in [0.717, 1.165) is 29.4 Å². The van der Waals surface area contributed by atoms with Gasteiger partial charge in [0.1, 0.15) is 0 Å². The zero-order chi connectivity index (χ0) is 17.3. The van der Waals surface area contributed by atoms with Crippen LogP contribution in [0.3, 0.4) is 0 Å². The van der Waals surface area contributed by atoms with Gasteiger partial charge in [-0.25, -0.2) is 14.7 Å². The fourth-order valence-corrected chi connectivity index (χ4v) is 3.73. The second-order valence-corrected chi connectivity index (χ2v) is 7.34. The Kier molecular flexibility index (Phi) is 4.73. The van der Waals surface area contributed by atoms with Crippen molar-refractivity contribution in [2.24, 2.45) is 11.8 Å². The Bertz CT molecular complexity index is 656. The van der Waals surface area contributed by atoms with E-state index in [1.807, 2.05) is 19.4 Å². The summed E-state index contributed by atoms with van der Waals surface area (Å²) in [5.74, 6) is 0.517. The first-order valence-corrected chi connectivity index (χ1v) is 8.73. The molecule has 6 heteroatoms. The molecule has 0 radical (unpaired) electrons. The third-order valence-corrected chi connectivity index (χ3v) is 5.16. The maximum absolute atomic E-state index is 12.3. The average molecular weight is 331 g/mol. The van der Waals surface area contributed by atoms with Crippen LogP contribution in [0.2, 0.25) is 0 Å². The van der Waals surface area contributed by atoms with Crippen molar-refractivity contribution in [3.63, 3.8) is 0 Å². The number of carboxylic acid groups (broad SMARTS) is 1. The van der Waals surface area contributed by atoms with E-state index in [9.17, 15) is 9.59 Å². The van der Waals surface area contributed by atoms with Crippen molar-refractivity contribution < 1.29 is 14.7 Å². The average Bonchev–Trinajstić information content (AvgIpc) is 2.99. The summed E-state index contributed by atoms with van der Waals surface area (Å²) in [6.07, 6.45) is 9.77. The number of imide groups is 1. The highest BCUT2D eigenvalue weighted by Gasteiger charge is 2.31. The van der Waals surface area contributed by atoms with E-state index in [4.69, 9.17) is 5.11 Å². The molecule has 2 heterocycles. The maximum atomic E-state index is 12.3. The molecule has 2 aliphatic rings. The van der Waals surface area contributed by atoms with Gasteiger partial charge >= 0.3 is 6.09 Å². The summed E-state index contributed by atoms with van der Waals surface area (Å²) in [4.78, 5) is 28.8. The third kappa shape index (κ3) is 3.52. The first-order valence-electron chi connectivity index (χ1n) is 8.73. The summed E-state index contributed by atoms with van der Waals surface area (Å²) in [5.41, 5.74) is 1.26. The van der Waals surface area contributed by atoms with Crippen LogP contribution < -0.4 is 0 Å². The predicted molar refractivity (Wildman–Crippen MR) is 90.4 cm³/mol. The van der Waals surface area contributed by atoms with Crippen molar-refractivity contribution in [3.8, 4) is 0 Å². The summed E-state index contributed by atoms with van der Waals surface area (Å²) in [6.45, 7) is 4.52. The van der Waals surface area contributed by atoms with Crippen molar-refractivity contribution in [1.82, 2.24) is 14.5 Å². The summed E-state index contributed by atoms with van der Waals surface area (Å²) < 4.78 is 2.14. The van der Waals surface area contributed by atoms with Crippen molar-refractivity contribution in [1.29, 1.82) is 0 Å². The molecule has 6 nitrogen and oxygen atoms in total. The van der Waals surface area contributed by atoms with Crippen LogP contribution >= 0.6 is 0 Å². The lowest BCUT2D eigenvalue weighted by Crippen LogP contribution is -2.43. The van der Waals surface area contributed by atoms with Crippen LogP contribution in [0.25, 0.3) is 6.08 Å². The zero-order valence-electron chi connectivity index (χ0n) is 14.3. The molecule has 0 unspecified atom stereocenters. The van der Waals surface area contributed by atoms with Gasteiger partial charge in [0.15, 0.2) is 0 Å². The largest absolute Gasteiger partial charge is 0.465 e. The molecular weight excluding hydrogens is 306 g/mol. The van der Waals surface area contributed by atoms with Crippen molar-refractivity contribution >= 4 is 18.1 Å². The first kappa shape index (κ1) is 16.7. The van der Waals surface area contributed by atoms with Crippen LogP contribution in [0.15, 0.2) is 18.1 Å². The molecule has 1 N–H and O–H groups in total. The van der Waals surface area contributed by atoms with E-state index in [1.165, 1.54) is 12.8 Å². The number of imidazole rings is 1. The highest BCUT2D eigenvalue weighted by Crippen LogP contribution is 2.32. The van der Waals surface area contributed by atoms with Gasteiger partial charge in [0.05, 0.1) is 12.0 Å². The molecular formula is C18H25N3O3. The highest BCUT2D eigenvalue weighted by molar-refractivity contribution is 6.05. The Morgan fingerprint density at radius 3 is 2.62 bits per heavy atom. The second kappa shape index (κ2) is 6.79. The normalized spacial score (nSPS) is 29.9. The molecule has 1 aromatic heterocycles. The molecule has 2 amide bonds. The lowest BCUT2D eigenvalue weighted by molar-refractivity contribution is -0.127. The smallest absolute Gasteiger partial charge is 0.414 e. The van der Waals surface area contributed by atoms with Crippen LogP contribution in [0.5, 0.6) is 0 Å². The highest BCUT2D eigenvalue weighted by atomic mass is 16.4. The number of rotatable bonds is 2. The predicted octanol–water partition coefficient (Wildman–Crippen LogP) is 3.56. The number of aromatic nitrogens is 2. The van der Waals surface area contributed by atoms with E-state index in [2.05, 4.69) is 16.5 Å². The fourth-order valence-electron chi connectivity index (χ4n) is 3.73. The minimum Gasteiger partial charge on any atom is -0.465 e. The van der Waals surface area contributed by atoms with E-state index in [-0.39, 0.29) is 12.5 Å². The van der Waals surface area contributed by atoms with Crippen LogP contribution in [0.1, 0.15) is 57.7 Å². The lowest BCUT2D eigenvalue weighted by Gasteiger charge is -2.28. The summed E-state index contributed by atoms with van der Waals surface area (Å²) in [7, 11) is 0. The molecule has 0 spiro atoms. The molecule has 130 valence electrons. The molecule has 1 atom stereocenters. The van der Waals surface area contributed by atoms with Gasteiger partial charge in [0, 0.05) is 24.4 Å². The van der Waals surface area contributed by atoms with Crippen molar-refractivity contribution in [2.45, 2.75) is 52.0 Å². The molecule has 0 aromatic carbocycles. The molecule has 1 aliphatic heterocycles. The number of hydrogen-bond acceptors (Lipinski definition) is 3. The molecule has 3 rings (SSSR count). The fraction of sp³-hybridized carbons (Fsp3) is 0.611. The van der Waals surface area contributed by atoms with Crippen LogP contribution in [0, 0.1) is 11.8 Å². The monoisotopic (exact) mass is 331 g/mol.